The molecule has 4 rings (SSSR count). The van der Waals surface area contributed by atoms with Gasteiger partial charge in [0.05, 0.1) is 0 Å². The molecular formula is C29H42F4N4O7S. The Balaban J connectivity index is 1.60. The lowest BCUT2D eigenvalue weighted by atomic mass is 9.88. The van der Waals surface area contributed by atoms with Crippen LogP contribution in [0.3, 0.4) is 0 Å². The van der Waals surface area contributed by atoms with Crippen molar-refractivity contribution < 1.29 is 49.9 Å². The monoisotopic (exact) mass is 666 g/mol. The van der Waals surface area contributed by atoms with Crippen LogP contribution in [0.1, 0.15) is 79.1 Å². The normalized spacial score (nSPS) is 33.0. The maximum atomic E-state index is 13.9. The molecule has 4 aliphatic rings. The van der Waals surface area contributed by atoms with Gasteiger partial charge >= 0.3 is 12.3 Å². The number of carbonyl (C=O) groups excluding carboxylic acids is 4. The number of fused-ring (bicyclic) bond motifs is 2. The van der Waals surface area contributed by atoms with Crippen LogP contribution < -0.4 is 15.4 Å². The third-order valence-corrected chi connectivity index (χ3v) is 11.7. The number of rotatable bonds is 6. The number of nitrogens with one attached hydrogen (secondary N) is 3. The topological polar surface area (TPSA) is 151 Å². The first-order valence-corrected chi connectivity index (χ1v) is 16.8. The van der Waals surface area contributed by atoms with E-state index in [1.165, 1.54) is 4.90 Å². The zero-order valence-electron chi connectivity index (χ0n) is 25.8. The number of nitrogens with zero attached hydrogens (tertiary/aromatic N) is 1. The summed E-state index contributed by atoms with van der Waals surface area (Å²) in [5.41, 5.74) is -4.46. The fourth-order valence-electron chi connectivity index (χ4n) is 6.12. The molecule has 2 aliphatic carbocycles. The lowest BCUT2D eigenvalue weighted by Gasteiger charge is -2.34. The predicted molar refractivity (Wildman–Crippen MR) is 154 cm³/mol. The lowest BCUT2D eigenvalue weighted by molar-refractivity contribution is -0.244. The summed E-state index contributed by atoms with van der Waals surface area (Å²) >= 11 is 0. The molecule has 16 heteroatoms. The summed E-state index contributed by atoms with van der Waals surface area (Å²) in [6.07, 6.45) is -0.320. The zero-order chi connectivity index (χ0) is 33.6. The Labute approximate surface area is 260 Å². The van der Waals surface area contributed by atoms with Crippen molar-refractivity contribution in [3.8, 4) is 0 Å². The van der Waals surface area contributed by atoms with Crippen LogP contribution in [0.15, 0.2) is 12.2 Å². The number of allylic oxidation sites excluding steroid dienone is 1. The number of alkyl halides is 4. The van der Waals surface area contributed by atoms with Crippen LogP contribution >= 0.6 is 0 Å². The Morgan fingerprint density at radius 1 is 1.16 bits per heavy atom. The Kier molecular flexibility index (Phi) is 9.60. The minimum Gasteiger partial charge on any atom is -0.434 e. The van der Waals surface area contributed by atoms with E-state index < -0.39 is 86.5 Å². The molecule has 3 fully saturated rings. The average molecular weight is 667 g/mol. The molecule has 6 atom stereocenters. The number of alkyl carbamates (subject to hydrolysis) is 1. The zero-order valence-corrected chi connectivity index (χ0v) is 26.7. The van der Waals surface area contributed by atoms with E-state index in [9.17, 15) is 45.2 Å². The van der Waals surface area contributed by atoms with Gasteiger partial charge in [-0.3, -0.25) is 19.1 Å². The van der Waals surface area contributed by atoms with Crippen LogP contribution in [0.5, 0.6) is 0 Å². The number of halogens is 4. The Morgan fingerprint density at radius 2 is 1.82 bits per heavy atom. The molecule has 0 radical (unpaired) electrons. The van der Waals surface area contributed by atoms with E-state index in [-0.39, 0.29) is 38.1 Å². The van der Waals surface area contributed by atoms with Crippen molar-refractivity contribution in [1.29, 1.82) is 0 Å². The molecule has 254 valence electrons. The minimum absolute atomic E-state index is 0.0106. The van der Waals surface area contributed by atoms with Crippen molar-refractivity contribution in [1.82, 2.24) is 20.3 Å². The fraction of sp³-hybridized carbons (Fsp3) is 0.793. The van der Waals surface area contributed by atoms with Gasteiger partial charge in [-0.15, -0.1) is 0 Å². The molecule has 0 aromatic heterocycles. The molecule has 0 spiro atoms. The van der Waals surface area contributed by atoms with Gasteiger partial charge in [0.15, 0.2) is 0 Å². The number of hydrogen-bond acceptors (Lipinski definition) is 7. The summed E-state index contributed by atoms with van der Waals surface area (Å²) in [5.74, 6) is -3.46. The number of sulfonamides is 1. The molecule has 0 aromatic carbocycles. The van der Waals surface area contributed by atoms with E-state index in [0.717, 1.165) is 0 Å². The molecule has 2 saturated carbocycles. The lowest BCUT2D eigenvalue weighted by Crippen LogP contribution is -2.60. The van der Waals surface area contributed by atoms with E-state index in [1.807, 2.05) is 17.7 Å². The van der Waals surface area contributed by atoms with Crippen molar-refractivity contribution in [3.05, 3.63) is 12.2 Å². The second-order valence-electron chi connectivity index (χ2n) is 13.6. The Morgan fingerprint density at radius 3 is 2.42 bits per heavy atom. The van der Waals surface area contributed by atoms with Crippen LogP contribution in [0.25, 0.3) is 0 Å². The summed E-state index contributed by atoms with van der Waals surface area (Å²) in [4.78, 5) is 54.9. The molecule has 2 heterocycles. The highest BCUT2D eigenvalue weighted by molar-refractivity contribution is 7.91. The standard InChI is InChI=1S/C29H42F4N4O7S/c1-17-8-5-6-9-19-15-28(19,24(40)36-45(42,43)27(16-30)11-12-27)35-22(38)20-10-7-13-37(20)23(39)21(18(2)14-17)34-25(41)44-26(3,4)29(31,32)33/h6,9,17-21H,5,7-8,10-16H2,1-4H3,(H,34,41)(H,35,38)(H,36,40)/b9-6-/t17-,18-,19?,20+,21+,28-/m1/s1. The fourth-order valence-corrected chi connectivity index (χ4v) is 7.55. The maximum Gasteiger partial charge on any atom is 0.427 e. The number of hydrogen-bond donors (Lipinski definition) is 3. The molecule has 45 heavy (non-hydrogen) atoms. The largest absolute Gasteiger partial charge is 0.434 e. The van der Waals surface area contributed by atoms with Gasteiger partial charge in [-0.25, -0.2) is 17.6 Å². The number of amides is 4. The quantitative estimate of drug-likeness (QED) is 0.291. The van der Waals surface area contributed by atoms with Crippen LogP contribution in [0, 0.1) is 17.8 Å². The van der Waals surface area contributed by atoms with E-state index in [1.54, 1.807) is 13.0 Å². The molecule has 0 bridgehead atoms. The first kappa shape index (κ1) is 35.0. The molecule has 1 unspecified atom stereocenters. The summed E-state index contributed by atoms with van der Waals surface area (Å²) in [5, 5.41) is 4.99. The van der Waals surface area contributed by atoms with Crippen molar-refractivity contribution >= 4 is 33.8 Å². The predicted octanol–water partition coefficient (Wildman–Crippen LogP) is 3.25. The van der Waals surface area contributed by atoms with Crippen LogP contribution in [0.4, 0.5) is 22.4 Å². The highest BCUT2D eigenvalue weighted by Gasteiger charge is 2.64. The molecule has 2 aliphatic heterocycles. The highest BCUT2D eigenvalue weighted by Crippen LogP contribution is 2.48. The average Bonchev–Trinajstić information content (AvgIpc) is 3.82. The molecule has 3 N–H and O–H groups in total. The van der Waals surface area contributed by atoms with Crippen molar-refractivity contribution in [2.45, 2.75) is 113 Å². The van der Waals surface area contributed by atoms with E-state index in [0.29, 0.717) is 39.5 Å². The van der Waals surface area contributed by atoms with Gasteiger partial charge in [-0.05, 0) is 77.0 Å². The Hall–Kier alpha value is -2.91. The third kappa shape index (κ3) is 7.09. The van der Waals surface area contributed by atoms with Crippen molar-refractivity contribution in [3.63, 3.8) is 0 Å². The second kappa shape index (κ2) is 12.4. The first-order valence-electron chi connectivity index (χ1n) is 15.3. The molecule has 4 amide bonds. The summed E-state index contributed by atoms with van der Waals surface area (Å²) in [7, 11) is -4.36. The Bertz CT molecular complexity index is 1330. The van der Waals surface area contributed by atoms with Gasteiger partial charge in [-0.2, -0.15) is 13.2 Å². The highest BCUT2D eigenvalue weighted by atomic mass is 32.2. The number of carbonyl (C=O) groups is 4. The van der Waals surface area contributed by atoms with Gasteiger partial charge in [0.2, 0.25) is 27.4 Å². The third-order valence-electron chi connectivity index (χ3n) is 9.56. The summed E-state index contributed by atoms with van der Waals surface area (Å²) in [6, 6.07) is -2.41. The first-order chi connectivity index (χ1) is 20.8. The van der Waals surface area contributed by atoms with Crippen molar-refractivity contribution in [2.75, 3.05) is 13.2 Å². The second-order valence-corrected chi connectivity index (χ2v) is 15.6. The molecule has 11 nitrogen and oxygen atoms in total. The van der Waals surface area contributed by atoms with E-state index in [4.69, 9.17) is 0 Å². The van der Waals surface area contributed by atoms with Gasteiger partial charge in [0.25, 0.3) is 5.91 Å². The maximum absolute atomic E-state index is 13.9. The van der Waals surface area contributed by atoms with E-state index >= 15 is 0 Å². The molecule has 1 saturated heterocycles. The smallest absolute Gasteiger partial charge is 0.427 e. The van der Waals surface area contributed by atoms with Gasteiger partial charge in [0.1, 0.15) is 29.0 Å². The van der Waals surface area contributed by atoms with Gasteiger partial charge < -0.3 is 20.3 Å². The molecule has 0 aromatic rings. The SMILES string of the molecule is C[C@@H]1CC/C=C\C2C[C@@]2(C(=O)NS(=O)(=O)C2(CF)CC2)NC(=O)[C@@H]2CCCN2C(=O)[C@@H](NC(=O)OC(C)(C)C(F)(F)F)[C@H](C)C1. The summed E-state index contributed by atoms with van der Waals surface area (Å²) in [6.45, 7) is 3.95. The van der Waals surface area contributed by atoms with Crippen LogP contribution in [0.2, 0.25) is 0 Å². The summed E-state index contributed by atoms with van der Waals surface area (Å²) < 4.78 is 84.4. The van der Waals surface area contributed by atoms with E-state index in [2.05, 4.69) is 15.4 Å². The van der Waals surface area contributed by atoms with Crippen LogP contribution in [-0.2, 0) is 29.1 Å². The number of ether oxygens (including phenoxy) is 1. The van der Waals surface area contributed by atoms with Gasteiger partial charge in [0, 0.05) is 12.5 Å². The van der Waals surface area contributed by atoms with Crippen LogP contribution in [-0.4, -0.2) is 84.5 Å². The van der Waals surface area contributed by atoms with Gasteiger partial charge in [-0.1, -0.05) is 26.0 Å². The van der Waals surface area contributed by atoms with Crippen molar-refractivity contribution in [2.24, 2.45) is 17.8 Å². The molecular weight excluding hydrogens is 624 g/mol. The minimum atomic E-state index is -4.87.